The third-order valence-electron chi connectivity index (χ3n) is 4.16. The number of aliphatic carboxylic acids is 1. The van der Waals surface area contributed by atoms with Gasteiger partial charge in [0.05, 0.1) is 6.42 Å². The van der Waals surface area contributed by atoms with Crippen molar-refractivity contribution in [3.8, 4) is 0 Å². The molecule has 1 aliphatic heterocycles. The minimum Gasteiger partial charge on any atom is -0.481 e. The predicted molar refractivity (Wildman–Crippen MR) is 81.5 cm³/mol. The van der Waals surface area contributed by atoms with Gasteiger partial charge in [-0.15, -0.1) is 0 Å². The third kappa shape index (κ3) is 3.93. The number of hydrogen-bond donors (Lipinski definition) is 1. The van der Waals surface area contributed by atoms with Gasteiger partial charge in [-0.2, -0.15) is 0 Å². The van der Waals surface area contributed by atoms with Crippen LogP contribution in [-0.4, -0.2) is 58.0 Å². The van der Waals surface area contributed by atoms with Gasteiger partial charge in [0.2, 0.25) is 11.9 Å². The number of rotatable bonds is 5. The summed E-state index contributed by atoms with van der Waals surface area (Å²) in [7, 11) is 1.68. The number of carboxylic acids is 1. The average Bonchev–Trinajstić information content (AvgIpc) is 2.54. The second kappa shape index (κ2) is 7.20. The summed E-state index contributed by atoms with van der Waals surface area (Å²) in [6, 6.07) is 1.49. The Morgan fingerprint density at radius 2 is 1.95 bits per heavy atom. The molecule has 0 unspecified atom stereocenters. The Morgan fingerprint density at radius 3 is 2.50 bits per heavy atom. The summed E-state index contributed by atoms with van der Waals surface area (Å²) in [4.78, 5) is 35.3. The van der Waals surface area contributed by atoms with E-state index in [1.165, 1.54) is 0 Å². The Kier molecular flexibility index (Phi) is 5.30. The van der Waals surface area contributed by atoms with Gasteiger partial charge in [0.1, 0.15) is 0 Å². The summed E-state index contributed by atoms with van der Waals surface area (Å²) < 4.78 is 0. The molecule has 1 aromatic rings. The van der Waals surface area contributed by atoms with Crippen molar-refractivity contribution in [1.82, 2.24) is 14.9 Å². The van der Waals surface area contributed by atoms with Gasteiger partial charge in [-0.05, 0) is 25.8 Å². The van der Waals surface area contributed by atoms with E-state index in [2.05, 4.69) is 14.9 Å². The molecule has 0 spiro atoms. The minimum atomic E-state index is -0.886. The Bertz CT molecular complexity index is 515. The second-order valence-corrected chi connectivity index (χ2v) is 5.71. The van der Waals surface area contributed by atoms with Crippen molar-refractivity contribution in [1.29, 1.82) is 0 Å². The first-order valence-corrected chi connectivity index (χ1v) is 7.49. The van der Waals surface area contributed by atoms with Crippen LogP contribution in [0.3, 0.4) is 0 Å². The van der Waals surface area contributed by atoms with Crippen LogP contribution in [0.1, 0.15) is 26.2 Å². The lowest BCUT2D eigenvalue weighted by Crippen LogP contribution is -2.45. The molecular formula is C15H22N4O3. The van der Waals surface area contributed by atoms with Gasteiger partial charge >= 0.3 is 5.97 Å². The van der Waals surface area contributed by atoms with E-state index < -0.39 is 5.97 Å². The highest BCUT2D eigenvalue weighted by molar-refractivity contribution is 5.80. The first-order chi connectivity index (χ1) is 10.5. The van der Waals surface area contributed by atoms with Gasteiger partial charge in [0.25, 0.3) is 0 Å². The Morgan fingerprint density at radius 1 is 1.36 bits per heavy atom. The van der Waals surface area contributed by atoms with Crippen LogP contribution in [0.15, 0.2) is 18.5 Å². The van der Waals surface area contributed by atoms with Gasteiger partial charge in [0, 0.05) is 44.5 Å². The van der Waals surface area contributed by atoms with Crippen LogP contribution in [-0.2, 0) is 9.59 Å². The van der Waals surface area contributed by atoms with E-state index in [-0.39, 0.29) is 24.3 Å². The summed E-state index contributed by atoms with van der Waals surface area (Å²) in [6.45, 7) is 3.24. The van der Waals surface area contributed by atoms with Gasteiger partial charge < -0.3 is 14.9 Å². The zero-order valence-corrected chi connectivity index (χ0v) is 13.0. The fourth-order valence-electron chi connectivity index (χ4n) is 2.68. The molecule has 1 aromatic heterocycles. The molecule has 1 atom stereocenters. The number of amides is 1. The van der Waals surface area contributed by atoms with Crippen molar-refractivity contribution < 1.29 is 14.7 Å². The summed E-state index contributed by atoms with van der Waals surface area (Å²) in [6.07, 6.45) is 4.86. The van der Waals surface area contributed by atoms with Crippen LogP contribution < -0.4 is 4.90 Å². The average molecular weight is 306 g/mol. The molecule has 1 amide bonds. The van der Waals surface area contributed by atoms with Crippen molar-refractivity contribution in [3.63, 3.8) is 0 Å². The molecule has 7 nitrogen and oxygen atoms in total. The molecule has 0 aliphatic carbocycles. The molecule has 0 bridgehead atoms. The van der Waals surface area contributed by atoms with Crippen molar-refractivity contribution in [2.24, 2.45) is 5.92 Å². The minimum absolute atomic E-state index is 0.0288. The molecular weight excluding hydrogens is 284 g/mol. The number of carbonyl (C=O) groups excluding carboxylic acids is 1. The van der Waals surface area contributed by atoms with Gasteiger partial charge in [-0.1, -0.05) is 0 Å². The van der Waals surface area contributed by atoms with Crippen LogP contribution in [0, 0.1) is 5.92 Å². The fourth-order valence-corrected chi connectivity index (χ4v) is 2.68. The fraction of sp³-hybridized carbons (Fsp3) is 0.600. The standard InChI is InChI=1S/C15H22N4O3/c1-11(10-13(20)21)18(2)14(22)12-4-8-19(9-5-12)15-16-6-3-7-17-15/h3,6-7,11-12H,4-5,8-10H2,1-2H3,(H,20,21)/t11-/m1/s1. The number of nitrogens with zero attached hydrogens (tertiary/aromatic N) is 4. The molecule has 0 radical (unpaired) electrons. The van der Waals surface area contributed by atoms with Crippen LogP contribution in [0.2, 0.25) is 0 Å². The Labute approximate surface area is 130 Å². The number of piperidine rings is 1. The molecule has 0 aromatic carbocycles. The van der Waals surface area contributed by atoms with Crippen molar-refractivity contribution in [2.45, 2.75) is 32.2 Å². The third-order valence-corrected chi connectivity index (χ3v) is 4.16. The van der Waals surface area contributed by atoms with Crippen molar-refractivity contribution in [2.75, 3.05) is 25.0 Å². The number of aromatic nitrogens is 2. The highest BCUT2D eigenvalue weighted by Crippen LogP contribution is 2.22. The SMILES string of the molecule is C[C@H](CC(=O)O)N(C)C(=O)C1CCN(c2ncccn2)CC1. The van der Waals surface area contributed by atoms with Gasteiger partial charge in [0.15, 0.2) is 0 Å². The van der Waals surface area contributed by atoms with Crippen LogP contribution in [0.25, 0.3) is 0 Å². The predicted octanol–water partition coefficient (Wildman–Crippen LogP) is 1.01. The molecule has 1 saturated heterocycles. The number of carbonyl (C=O) groups is 2. The lowest BCUT2D eigenvalue weighted by molar-refractivity contribution is -0.141. The van der Waals surface area contributed by atoms with E-state index in [1.54, 1.807) is 37.3 Å². The van der Waals surface area contributed by atoms with E-state index in [0.29, 0.717) is 5.95 Å². The summed E-state index contributed by atoms with van der Waals surface area (Å²) in [5.41, 5.74) is 0. The van der Waals surface area contributed by atoms with Crippen molar-refractivity contribution >= 4 is 17.8 Å². The second-order valence-electron chi connectivity index (χ2n) is 5.71. The molecule has 0 saturated carbocycles. The zero-order valence-electron chi connectivity index (χ0n) is 13.0. The molecule has 22 heavy (non-hydrogen) atoms. The van der Waals surface area contributed by atoms with Gasteiger partial charge in [-0.3, -0.25) is 9.59 Å². The lowest BCUT2D eigenvalue weighted by atomic mass is 9.95. The highest BCUT2D eigenvalue weighted by Gasteiger charge is 2.30. The molecule has 1 aliphatic rings. The topological polar surface area (TPSA) is 86.6 Å². The first-order valence-electron chi connectivity index (χ1n) is 7.49. The molecule has 120 valence electrons. The van der Waals surface area contributed by atoms with Crippen LogP contribution in [0.5, 0.6) is 0 Å². The maximum atomic E-state index is 12.4. The number of carboxylic acid groups (broad SMARTS) is 1. The lowest BCUT2D eigenvalue weighted by Gasteiger charge is -2.34. The Balaban J connectivity index is 1.88. The van der Waals surface area contributed by atoms with E-state index in [9.17, 15) is 9.59 Å². The Hall–Kier alpha value is -2.18. The zero-order chi connectivity index (χ0) is 16.1. The van der Waals surface area contributed by atoms with E-state index >= 15 is 0 Å². The van der Waals surface area contributed by atoms with E-state index in [4.69, 9.17) is 5.11 Å². The number of anilines is 1. The molecule has 2 heterocycles. The molecule has 7 heteroatoms. The normalized spacial score (nSPS) is 17.1. The summed E-state index contributed by atoms with van der Waals surface area (Å²) in [5, 5.41) is 8.83. The largest absolute Gasteiger partial charge is 0.481 e. The molecule has 2 rings (SSSR count). The maximum absolute atomic E-state index is 12.4. The summed E-state index contributed by atoms with van der Waals surface area (Å²) >= 11 is 0. The van der Waals surface area contributed by atoms with E-state index in [1.807, 2.05) is 0 Å². The van der Waals surface area contributed by atoms with Crippen LogP contribution >= 0.6 is 0 Å². The first kappa shape index (κ1) is 16.2. The highest BCUT2D eigenvalue weighted by atomic mass is 16.4. The monoisotopic (exact) mass is 306 g/mol. The smallest absolute Gasteiger partial charge is 0.305 e. The van der Waals surface area contributed by atoms with Gasteiger partial charge in [-0.25, -0.2) is 9.97 Å². The van der Waals surface area contributed by atoms with Crippen molar-refractivity contribution in [3.05, 3.63) is 18.5 Å². The van der Waals surface area contributed by atoms with Crippen LogP contribution in [0.4, 0.5) is 5.95 Å². The molecule has 1 fully saturated rings. The maximum Gasteiger partial charge on any atom is 0.305 e. The van der Waals surface area contributed by atoms with E-state index in [0.717, 1.165) is 25.9 Å². The summed E-state index contributed by atoms with van der Waals surface area (Å²) in [5.74, 6) is -0.215. The number of hydrogen-bond acceptors (Lipinski definition) is 5. The quantitative estimate of drug-likeness (QED) is 0.874. The molecule has 1 N–H and O–H groups in total.